The minimum absolute atomic E-state index is 0.182. The predicted molar refractivity (Wildman–Crippen MR) is 99.5 cm³/mol. The normalized spacial score (nSPS) is 19.0. The number of hydrogen-bond donors (Lipinski definition) is 1. The van der Waals surface area contributed by atoms with E-state index in [2.05, 4.69) is 20.7 Å². The highest BCUT2D eigenvalue weighted by molar-refractivity contribution is 9.10. The molecule has 0 aliphatic carbocycles. The van der Waals surface area contributed by atoms with E-state index >= 15 is 0 Å². The van der Waals surface area contributed by atoms with Crippen LogP contribution in [0.2, 0.25) is 0 Å². The highest BCUT2D eigenvalue weighted by Gasteiger charge is 2.36. The van der Waals surface area contributed by atoms with Crippen molar-refractivity contribution in [3.63, 3.8) is 0 Å². The third-order valence-electron chi connectivity index (χ3n) is 4.11. The number of hydrogen-bond acceptors (Lipinski definition) is 4. The van der Waals surface area contributed by atoms with Crippen LogP contribution in [0.25, 0.3) is 0 Å². The minimum Gasteiger partial charge on any atom is -0.496 e. The van der Waals surface area contributed by atoms with Crippen LogP contribution in [0.1, 0.15) is 31.9 Å². The van der Waals surface area contributed by atoms with Crippen LogP contribution in [0.5, 0.6) is 11.5 Å². The Morgan fingerprint density at radius 3 is 2.64 bits per heavy atom. The van der Waals surface area contributed by atoms with Crippen molar-refractivity contribution in [3.8, 4) is 11.5 Å². The van der Waals surface area contributed by atoms with Crippen molar-refractivity contribution >= 4 is 26.0 Å². The maximum atomic E-state index is 12.9. The van der Waals surface area contributed by atoms with E-state index in [1.807, 2.05) is 38.1 Å². The lowest BCUT2D eigenvalue weighted by atomic mass is 9.90. The maximum Gasteiger partial charge on any atom is 0.241 e. The molecule has 0 saturated heterocycles. The summed E-state index contributed by atoms with van der Waals surface area (Å²) in [6.45, 7) is 3.91. The molecule has 0 spiro atoms. The number of benzene rings is 2. The molecule has 1 atom stereocenters. The van der Waals surface area contributed by atoms with E-state index in [4.69, 9.17) is 9.47 Å². The first-order valence-corrected chi connectivity index (χ1v) is 10.1. The lowest BCUT2D eigenvalue weighted by Gasteiger charge is -2.37. The van der Waals surface area contributed by atoms with Gasteiger partial charge in [0.2, 0.25) is 10.0 Å². The fourth-order valence-electron chi connectivity index (χ4n) is 2.98. The van der Waals surface area contributed by atoms with Crippen molar-refractivity contribution in [2.24, 2.45) is 0 Å². The van der Waals surface area contributed by atoms with E-state index in [-0.39, 0.29) is 10.9 Å². The van der Waals surface area contributed by atoms with Crippen LogP contribution in [0, 0.1) is 0 Å². The first-order valence-electron chi connectivity index (χ1n) is 7.86. The lowest BCUT2D eigenvalue weighted by molar-refractivity contribution is 0.0702. The van der Waals surface area contributed by atoms with E-state index in [9.17, 15) is 8.42 Å². The molecule has 1 aliphatic heterocycles. The molecule has 1 unspecified atom stereocenters. The predicted octanol–water partition coefficient (Wildman–Crippen LogP) is 4.04. The minimum atomic E-state index is -3.69. The van der Waals surface area contributed by atoms with Crippen molar-refractivity contribution < 1.29 is 17.9 Å². The molecule has 3 rings (SSSR count). The molecule has 0 radical (unpaired) electrons. The van der Waals surface area contributed by atoms with Gasteiger partial charge in [0.1, 0.15) is 17.1 Å². The van der Waals surface area contributed by atoms with Crippen LogP contribution in [-0.2, 0) is 10.0 Å². The number of para-hydroxylation sites is 1. The summed E-state index contributed by atoms with van der Waals surface area (Å²) in [5.41, 5.74) is 0.389. The molecule has 2 aromatic rings. The van der Waals surface area contributed by atoms with Gasteiger partial charge in [-0.15, -0.1) is 0 Å². The first-order chi connectivity index (χ1) is 11.7. The van der Waals surface area contributed by atoms with Gasteiger partial charge >= 0.3 is 0 Å². The molecule has 7 heteroatoms. The molecule has 0 amide bonds. The monoisotopic (exact) mass is 425 g/mol. The Balaban J connectivity index is 1.94. The molecule has 0 fully saturated rings. The molecule has 0 saturated carbocycles. The second-order valence-electron chi connectivity index (χ2n) is 6.57. The number of fused-ring (bicyclic) bond motifs is 1. The van der Waals surface area contributed by atoms with Gasteiger partial charge < -0.3 is 9.47 Å². The average Bonchev–Trinajstić information content (AvgIpc) is 2.53. The highest BCUT2D eigenvalue weighted by Crippen LogP contribution is 2.40. The Kier molecular flexibility index (Phi) is 4.83. The van der Waals surface area contributed by atoms with Crippen molar-refractivity contribution in [1.29, 1.82) is 0 Å². The van der Waals surface area contributed by atoms with Crippen molar-refractivity contribution in [3.05, 3.63) is 52.5 Å². The fourth-order valence-corrected chi connectivity index (χ4v) is 4.91. The van der Waals surface area contributed by atoms with E-state index in [1.54, 1.807) is 6.07 Å². The largest absolute Gasteiger partial charge is 0.496 e. The average molecular weight is 426 g/mol. The molecular formula is C18H20BrNO4S. The zero-order valence-corrected chi connectivity index (χ0v) is 16.6. The number of halogens is 1. The van der Waals surface area contributed by atoms with E-state index in [1.165, 1.54) is 19.2 Å². The van der Waals surface area contributed by atoms with Gasteiger partial charge in [0.25, 0.3) is 0 Å². The number of methoxy groups -OCH3 is 1. The molecule has 0 aromatic heterocycles. The SMILES string of the molecule is COc1ccc(S(=O)(=O)NC2CC(C)(C)Oc3ccccc32)cc1Br. The summed E-state index contributed by atoms with van der Waals surface area (Å²) in [6.07, 6.45) is 0.542. The molecule has 1 N–H and O–H groups in total. The van der Waals surface area contributed by atoms with Crippen LogP contribution >= 0.6 is 15.9 Å². The second kappa shape index (κ2) is 6.63. The summed E-state index contributed by atoms with van der Waals surface area (Å²) in [6, 6.07) is 11.9. The third kappa shape index (κ3) is 3.83. The Morgan fingerprint density at radius 2 is 1.96 bits per heavy atom. The number of sulfonamides is 1. The van der Waals surface area contributed by atoms with E-state index in [0.29, 0.717) is 22.4 Å². The van der Waals surface area contributed by atoms with Gasteiger partial charge in [-0.05, 0) is 54.0 Å². The zero-order valence-electron chi connectivity index (χ0n) is 14.2. The molecule has 5 nitrogen and oxygen atoms in total. The lowest BCUT2D eigenvalue weighted by Crippen LogP contribution is -2.41. The first kappa shape index (κ1) is 18.2. The van der Waals surface area contributed by atoms with Crippen molar-refractivity contribution in [2.75, 3.05) is 7.11 Å². The second-order valence-corrected chi connectivity index (χ2v) is 9.14. The van der Waals surface area contributed by atoms with Crippen LogP contribution in [0.4, 0.5) is 0 Å². The molecule has 2 aromatic carbocycles. The van der Waals surface area contributed by atoms with Crippen molar-refractivity contribution in [2.45, 2.75) is 36.8 Å². The summed E-state index contributed by atoms with van der Waals surface area (Å²) < 4.78 is 40.2. The Labute approximate surface area is 156 Å². The molecule has 1 heterocycles. The summed E-state index contributed by atoms with van der Waals surface area (Å²) in [7, 11) is -2.16. The summed E-state index contributed by atoms with van der Waals surface area (Å²) in [5, 5.41) is 0. The van der Waals surface area contributed by atoms with Gasteiger partial charge in [0, 0.05) is 12.0 Å². The molecular weight excluding hydrogens is 406 g/mol. The summed E-state index contributed by atoms with van der Waals surface area (Å²) >= 11 is 3.33. The highest BCUT2D eigenvalue weighted by atomic mass is 79.9. The van der Waals surface area contributed by atoms with Crippen molar-refractivity contribution in [1.82, 2.24) is 4.72 Å². The third-order valence-corrected chi connectivity index (χ3v) is 6.20. The molecule has 134 valence electrons. The summed E-state index contributed by atoms with van der Waals surface area (Å²) in [4.78, 5) is 0.182. The molecule has 25 heavy (non-hydrogen) atoms. The van der Waals surface area contributed by atoms with Crippen LogP contribution in [0.3, 0.4) is 0 Å². The standard InChI is InChI=1S/C18H20BrNO4S/c1-18(2)11-15(13-6-4-5-7-16(13)24-18)20-25(21,22)12-8-9-17(23-3)14(19)10-12/h4-10,15,20H,11H2,1-3H3. The molecule has 0 bridgehead atoms. The number of ether oxygens (including phenoxy) is 2. The topological polar surface area (TPSA) is 64.6 Å². The van der Waals surface area contributed by atoms with Crippen LogP contribution < -0.4 is 14.2 Å². The van der Waals surface area contributed by atoms with Gasteiger partial charge in [-0.25, -0.2) is 13.1 Å². The quantitative estimate of drug-likeness (QED) is 0.802. The van der Waals surface area contributed by atoms with Gasteiger partial charge in [0.15, 0.2) is 0 Å². The Hall–Kier alpha value is -1.57. The Morgan fingerprint density at radius 1 is 1.24 bits per heavy atom. The van der Waals surface area contributed by atoms with Crippen LogP contribution in [-0.4, -0.2) is 21.1 Å². The number of nitrogens with one attached hydrogen (secondary N) is 1. The van der Waals surface area contributed by atoms with Gasteiger partial charge in [-0.2, -0.15) is 0 Å². The van der Waals surface area contributed by atoms with Gasteiger partial charge in [-0.1, -0.05) is 18.2 Å². The molecule has 1 aliphatic rings. The van der Waals surface area contributed by atoms with E-state index in [0.717, 1.165) is 5.56 Å². The van der Waals surface area contributed by atoms with Gasteiger partial charge in [-0.3, -0.25) is 0 Å². The smallest absolute Gasteiger partial charge is 0.241 e. The fraction of sp³-hybridized carbons (Fsp3) is 0.333. The Bertz CT molecular complexity index is 896. The van der Waals surface area contributed by atoms with E-state index < -0.39 is 15.6 Å². The number of rotatable bonds is 4. The van der Waals surface area contributed by atoms with Gasteiger partial charge in [0.05, 0.1) is 22.5 Å². The maximum absolute atomic E-state index is 12.9. The summed E-state index contributed by atoms with van der Waals surface area (Å²) in [5.74, 6) is 1.29. The zero-order chi connectivity index (χ0) is 18.2. The van der Waals surface area contributed by atoms with Crippen LogP contribution in [0.15, 0.2) is 51.8 Å².